The molecule has 1 unspecified atom stereocenters. The summed E-state index contributed by atoms with van der Waals surface area (Å²) < 4.78 is 31.7. The Kier molecular flexibility index (Phi) is 6.88. The van der Waals surface area contributed by atoms with Gasteiger partial charge in [0.2, 0.25) is 11.9 Å². The molecule has 5 aromatic rings. The lowest BCUT2D eigenvalue weighted by molar-refractivity contribution is -0.117. The minimum atomic E-state index is -3.27. The minimum absolute atomic E-state index is 0.0974. The van der Waals surface area contributed by atoms with Gasteiger partial charge >= 0.3 is 0 Å². The van der Waals surface area contributed by atoms with Crippen LogP contribution >= 0.6 is 11.6 Å². The van der Waals surface area contributed by atoms with Crippen molar-refractivity contribution in [2.45, 2.75) is 24.2 Å². The lowest BCUT2D eigenvalue weighted by Gasteiger charge is -2.13. The summed E-state index contributed by atoms with van der Waals surface area (Å²) in [5.41, 5.74) is 5.44. The molecule has 0 aliphatic carbocycles. The third kappa shape index (κ3) is 5.36. The molecule has 41 heavy (non-hydrogen) atoms. The van der Waals surface area contributed by atoms with E-state index in [1.54, 1.807) is 28.8 Å². The van der Waals surface area contributed by atoms with Gasteiger partial charge in [-0.3, -0.25) is 4.79 Å². The van der Waals surface area contributed by atoms with E-state index in [1.165, 1.54) is 7.11 Å². The number of hydrogen-bond acceptors (Lipinski definition) is 7. The molecule has 9 nitrogen and oxygen atoms in total. The van der Waals surface area contributed by atoms with Gasteiger partial charge in [0.05, 0.1) is 29.4 Å². The normalized spacial score (nSPS) is 14.4. The number of sulfone groups is 1. The quantitative estimate of drug-likeness (QED) is 0.244. The van der Waals surface area contributed by atoms with Crippen LogP contribution in [0.4, 0.5) is 17.3 Å². The van der Waals surface area contributed by atoms with Crippen molar-refractivity contribution in [2.75, 3.05) is 23.5 Å². The van der Waals surface area contributed by atoms with E-state index in [4.69, 9.17) is 16.3 Å². The first-order chi connectivity index (χ1) is 19.7. The molecule has 0 saturated heterocycles. The number of fused-ring (bicyclic) bond motifs is 2. The average molecular weight is 588 g/mol. The summed E-state index contributed by atoms with van der Waals surface area (Å²) in [6.45, 7) is 1.86. The van der Waals surface area contributed by atoms with Gasteiger partial charge in [0.15, 0.2) is 15.5 Å². The summed E-state index contributed by atoms with van der Waals surface area (Å²) in [6.07, 6.45) is 2.33. The van der Waals surface area contributed by atoms with E-state index in [-0.39, 0.29) is 17.6 Å². The third-order valence-electron chi connectivity index (χ3n) is 7.18. The van der Waals surface area contributed by atoms with Crippen molar-refractivity contribution in [3.05, 3.63) is 95.1 Å². The number of carbonyl (C=O) groups is 1. The number of methoxy groups -OCH3 is 1. The summed E-state index contributed by atoms with van der Waals surface area (Å²) >= 11 is 5.96. The summed E-state index contributed by atoms with van der Waals surface area (Å²) in [5, 5.41) is 11.3. The molecule has 6 rings (SSSR count). The zero-order valence-corrected chi connectivity index (χ0v) is 23.8. The fourth-order valence-electron chi connectivity index (χ4n) is 4.84. The molecule has 0 spiro atoms. The van der Waals surface area contributed by atoms with Crippen LogP contribution in [0.1, 0.15) is 24.0 Å². The molecule has 1 aliphatic heterocycles. The van der Waals surface area contributed by atoms with E-state index >= 15 is 0 Å². The number of aromatic nitrogens is 3. The van der Waals surface area contributed by atoms with Crippen molar-refractivity contribution in [1.29, 1.82) is 0 Å². The number of nitrogens with zero attached hydrogens (tertiary/aromatic N) is 3. The molecular formula is C30H26ClN5O4S. The Labute approximate surface area is 242 Å². The second-order valence-corrected chi connectivity index (χ2v) is 12.4. The van der Waals surface area contributed by atoms with Gasteiger partial charge < -0.3 is 15.4 Å². The van der Waals surface area contributed by atoms with Crippen LogP contribution < -0.4 is 15.4 Å². The lowest BCUT2D eigenvalue weighted by Crippen LogP contribution is -2.18. The highest BCUT2D eigenvalue weighted by molar-refractivity contribution is 7.91. The third-order valence-corrected chi connectivity index (χ3v) is 9.23. The van der Waals surface area contributed by atoms with E-state index < -0.39 is 9.84 Å². The number of rotatable bonds is 7. The molecular weight excluding hydrogens is 562 g/mol. The van der Waals surface area contributed by atoms with Gasteiger partial charge in [0.25, 0.3) is 0 Å². The second kappa shape index (κ2) is 10.5. The maximum atomic E-state index is 12.8. The molecule has 11 heteroatoms. The highest BCUT2D eigenvalue weighted by Crippen LogP contribution is 2.36. The van der Waals surface area contributed by atoms with Gasteiger partial charge in [-0.25, -0.2) is 12.9 Å². The fraction of sp³-hybridized carbons (Fsp3) is 0.167. The molecule has 1 aliphatic rings. The standard InChI is InChI=1S/C30H26ClN5O4S/c1-18(19-3-8-23(31)9-4-19)29(37)32-24-10-5-20(6-11-24)22-7-12-28-34-30(35-36(28)17-22)33-25-15-21-13-14-41(38,39)27(21)16-26(25)40-2/h3-12,15-18H,13-14H2,1-2H3,(H,32,37)(H,33,35). The SMILES string of the molecule is COc1cc2c(cc1Nc1nc3ccc(-c4ccc(NC(=O)C(C)c5ccc(Cl)cc5)cc4)cn3n1)CCS2(=O)=O. The van der Waals surface area contributed by atoms with Crippen LogP contribution in [-0.2, 0) is 21.1 Å². The van der Waals surface area contributed by atoms with Crippen LogP contribution in [0.2, 0.25) is 5.02 Å². The molecule has 0 saturated carbocycles. The number of benzene rings is 3. The monoisotopic (exact) mass is 587 g/mol. The lowest BCUT2D eigenvalue weighted by atomic mass is 10.0. The highest BCUT2D eigenvalue weighted by Gasteiger charge is 2.28. The van der Waals surface area contributed by atoms with Crippen LogP contribution in [0, 0.1) is 0 Å². The Morgan fingerprint density at radius 2 is 1.76 bits per heavy atom. The largest absolute Gasteiger partial charge is 0.495 e. The number of ether oxygens (including phenoxy) is 1. The van der Waals surface area contributed by atoms with Crippen LogP contribution in [0.15, 0.2) is 83.9 Å². The maximum absolute atomic E-state index is 12.8. The van der Waals surface area contributed by atoms with E-state index in [0.717, 1.165) is 22.3 Å². The zero-order chi connectivity index (χ0) is 28.7. The van der Waals surface area contributed by atoms with Crippen molar-refractivity contribution in [3.63, 3.8) is 0 Å². The van der Waals surface area contributed by atoms with Gasteiger partial charge in [-0.2, -0.15) is 4.98 Å². The molecule has 1 atom stereocenters. The first-order valence-electron chi connectivity index (χ1n) is 12.9. The highest BCUT2D eigenvalue weighted by atomic mass is 35.5. The van der Waals surface area contributed by atoms with Crippen LogP contribution in [0.25, 0.3) is 16.8 Å². The second-order valence-electron chi connectivity index (χ2n) is 9.85. The van der Waals surface area contributed by atoms with Gasteiger partial charge in [0, 0.05) is 28.5 Å². The Balaban J connectivity index is 1.18. The summed E-state index contributed by atoms with van der Waals surface area (Å²) in [6, 6.07) is 22.0. The van der Waals surface area contributed by atoms with Crippen molar-refractivity contribution < 1.29 is 17.9 Å². The van der Waals surface area contributed by atoms with Crippen LogP contribution in [0.3, 0.4) is 0 Å². The van der Waals surface area contributed by atoms with Gasteiger partial charge in [0.1, 0.15) is 5.75 Å². The average Bonchev–Trinajstić information content (AvgIpc) is 3.51. The van der Waals surface area contributed by atoms with Gasteiger partial charge in [-0.1, -0.05) is 35.9 Å². The van der Waals surface area contributed by atoms with Crippen molar-refractivity contribution in [3.8, 4) is 16.9 Å². The predicted octanol–water partition coefficient (Wildman–Crippen LogP) is 5.87. The molecule has 2 aromatic heterocycles. The molecule has 3 aromatic carbocycles. The maximum Gasteiger partial charge on any atom is 0.247 e. The first kappa shape index (κ1) is 26.8. The minimum Gasteiger partial charge on any atom is -0.495 e. The van der Waals surface area contributed by atoms with Gasteiger partial charge in [-0.05, 0) is 72.5 Å². The fourth-order valence-corrected chi connectivity index (χ4v) is 6.52. The number of hydrogen-bond donors (Lipinski definition) is 2. The summed E-state index contributed by atoms with van der Waals surface area (Å²) in [7, 11) is -1.78. The number of carbonyl (C=O) groups excluding carboxylic acids is 1. The van der Waals surface area contributed by atoms with Crippen molar-refractivity contribution in [2.24, 2.45) is 0 Å². The summed E-state index contributed by atoms with van der Waals surface area (Å²) in [4.78, 5) is 17.6. The predicted molar refractivity (Wildman–Crippen MR) is 159 cm³/mol. The van der Waals surface area contributed by atoms with Crippen LogP contribution in [-0.4, -0.2) is 41.8 Å². The van der Waals surface area contributed by atoms with Gasteiger partial charge in [-0.15, -0.1) is 5.10 Å². The molecule has 0 bridgehead atoms. The van der Waals surface area contributed by atoms with E-state index in [2.05, 4.69) is 20.7 Å². The van der Waals surface area contributed by atoms with Crippen molar-refractivity contribution in [1.82, 2.24) is 14.6 Å². The zero-order valence-electron chi connectivity index (χ0n) is 22.3. The topological polar surface area (TPSA) is 115 Å². The molecule has 208 valence electrons. The number of aryl methyl sites for hydroxylation is 1. The Morgan fingerprint density at radius 3 is 2.49 bits per heavy atom. The number of anilines is 3. The Morgan fingerprint density at radius 1 is 1.02 bits per heavy atom. The van der Waals surface area contributed by atoms with E-state index in [1.807, 2.05) is 61.7 Å². The number of halogens is 1. The van der Waals surface area contributed by atoms with E-state index in [0.29, 0.717) is 45.1 Å². The Bertz CT molecular complexity index is 1890. The summed E-state index contributed by atoms with van der Waals surface area (Å²) in [5.74, 6) is 0.429. The molecule has 1 amide bonds. The van der Waals surface area contributed by atoms with Crippen LogP contribution in [0.5, 0.6) is 5.75 Å². The molecule has 2 N–H and O–H groups in total. The number of nitrogens with one attached hydrogen (secondary N) is 2. The molecule has 0 radical (unpaired) electrons. The van der Waals surface area contributed by atoms with Crippen molar-refractivity contribution >= 4 is 50.3 Å². The molecule has 0 fully saturated rings. The number of pyridine rings is 1. The smallest absolute Gasteiger partial charge is 0.247 e. The Hall–Kier alpha value is -4.41. The van der Waals surface area contributed by atoms with E-state index in [9.17, 15) is 13.2 Å². The number of amides is 1. The molecule has 3 heterocycles. The first-order valence-corrected chi connectivity index (χ1v) is 15.0.